The van der Waals surface area contributed by atoms with Gasteiger partial charge in [0.15, 0.2) is 0 Å². The molecule has 2 nitrogen and oxygen atoms in total. The van der Waals surface area contributed by atoms with E-state index in [1.54, 1.807) is 0 Å². The number of rotatable bonds is 2. The monoisotopic (exact) mass is 225 g/mol. The summed E-state index contributed by atoms with van der Waals surface area (Å²) in [4.78, 5) is 11.9. The zero-order valence-electron chi connectivity index (χ0n) is 11.5. The van der Waals surface area contributed by atoms with Crippen LogP contribution in [0.3, 0.4) is 0 Å². The van der Waals surface area contributed by atoms with Gasteiger partial charge in [-0.1, -0.05) is 20.8 Å². The third-order valence-electron chi connectivity index (χ3n) is 3.75. The van der Waals surface area contributed by atoms with Gasteiger partial charge in [0.2, 0.25) is 5.91 Å². The first-order valence-corrected chi connectivity index (χ1v) is 6.61. The summed E-state index contributed by atoms with van der Waals surface area (Å²) in [6.45, 7) is 11.0. The predicted molar refractivity (Wildman–Crippen MR) is 68.2 cm³/mol. The zero-order valence-corrected chi connectivity index (χ0v) is 11.5. The van der Waals surface area contributed by atoms with Crippen molar-refractivity contribution in [3.05, 3.63) is 0 Å². The van der Waals surface area contributed by atoms with Crippen molar-refractivity contribution in [3.63, 3.8) is 0 Å². The Bertz CT molecular complexity index is 232. The average molecular weight is 225 g/mol. The van der Waals surface area contributed by atoms with E-state index < -0.39 is 0 Å². The molecule has 94 valence electrons. The average Bonchev–Trinajstić information content (AvgIpc) is 2.15. The van der Waals surface area contributed by atoms with Crippen LogP contribution in [0.25, 0.3) is 0 Å². The van der Waals surface area contributed by atoms with Gasteiger partial charge in [-0.2, -0.15) is 0 Å². The minimum atomic E-state index is 0.265. The molecule has 0 aromatic rings. The first kappa shape index (κ1) is 13.5. The third kappa shape index (κ3) is 3.80. The second kappa shape index (κ2) is 5.20. The number of hydrogen-bond donors (Lipinski definition) is 1. The minimum absolute atomic E-state index is 0.265. The Morgan fingerprint density at radius 2 is 1.62 bits per heavy atom. The lowest BCUT2D eigenvalue weighted by Gasteiger charge is -2.36. The Morgan fingerprint density at radius 1 is 1.12 bits per heavy atom. The van der Waals surface area contributed by atoms with Crippen molar-refractivity contribution in [1.82, 2.24) is 5.32 Å². The van der Waals surface area contributed by atoms with E-state index in [0.29, 0.717) is 5.41 Å². The van der Waals surface area contributed by atoms with E-state index in [9.17, 15) is 4.79 Å². The number of amides is 1. The Hall–Kier alpha value is -0.530. The van der Waals surface area contributed by atoms with Crippen LogP contribution in [0, 0.1) is 17.3 Å². The molecule has 1 aliphatic rings. The third-order valence-corrected chi connectivity index (χ3v) is 3.75. The molecule has 1 amide bonds. The van der Waals surface area contributed by atoms with Crippen LogP contribution in [-0.2, 0) is 4.79 Å². The van der Waals surface area contributed by atoms with Crippen molar-refractivity contribution in [1.29, 1.82) is 0 Å². The Morgan fingerprint density at radius 3 is 2.00 bits per heavy atom. The van der Waals surface area contributed by atoms with Gasteiger partial charge in [-0.15, -0.1) is 0 Å². The van der Waals surface area contributed by atoms with Gasteiger partial charge < -0.3 is 5.32 Å². The van der Waals surface area contributed by atoms with Crippen molar-refractivity contribution in [2.45, 2.75) is 66.3 Å². The van der Waals surface area contributed by atoms with Crippen LogP contribution in [0.15, 0.2) is 0 Å². The van der Waals surface area contributed by atoms with Crippen molar-refractivity contribution < 1.29 is 4.79 Å². The fourth-order valence-corrected chi connectivity index (χ4v) is 2.62. The quantitative estimate of drug-likeness (QED) is 0.767. The van der Waals surface area contributed by atoms with Crippen LogP contribution in [0.5, 0.6) is 0 Å². The van der Waals surface area contributed by atoms with Gasteiger partial charge in [-0.25, -0.2) is 0 Å². The molecule has 0 atom stereocenters. The highest BCUT2D eigenvalue weighted by molar-refractivity contribution is 5.78. The maximum absolute atomic E-state index is 11.9. The number of carbonyl (C=O) groups is 1. The van der Waals surface area contributed by atoms with Gasteiger partial charge in [0.1, 0.15) is 0 Å². The molecule has 1 N–H and O–H groups in total. The zero-order chi connectivity index (χ0) is 12.3. The maximum Gasteiger partial charge on any atom is 0.223 e. The van der Waals surface area contributed by atoms with E-state index in [4.69, 9.17) is 0 Å². The molecule has 0 saturated heterocycles. The molecule has 0 unspecified atom stereocenters. The Balaban J connectivity index is 2.40. The van der Waals surface area contributed by atoms with Crippen LogP contribution < -0.4 is 5.32 Å². The molecule has 0 aromatic carbocycles. The second-order valence-electron chi connectivity index (χ2n) is 6.58. The highest BCUT2D eigenvalue weighted by atomic mass is 16.1. The lowest BCUT2D eigenvalue weighted by Crippen LogP contribution is -2.38. The molecule has 2 heteroatoms. The van der Waals surface area contributed by atoms with Crippen LogP contribution in [0.1, 0.15) is 60.3 Å². The molecule has 0 radical (unpaired) electrons. The molecule has 1 rings (SSSR count). The molecular weight excluding hydrogens is 198 g/mol. The standard InChI is InChI=1S/C14H27NO/c1-10(2)15-13(16)11-6-8-12(9-7-11)14(3,4)5/h10-12H,6-9H2,1-5H3,(H,15,16). The smallest absolute Gasteiger partial charge is 0.223 e. The fourth-order valence-electron chi connectivity index (χ4n) is 2.62. The van der Waals surface area contributed by atoms with Gasteiger partial charge in [-0.3, -0.25) is 4.79 Å². The summed E-state index contributed by atoms with van der Waals surface area (Å²) in [6.07, 6.45) is 4.56. The van der Waals surface area contributed by atoms with Crippen LogP contribution in [0.2, 0.25) is 0 Å². The van der Waals surface area contributed by atoms with Crippen molar-refractivity contribution >= 4 is 5.91 Å². The van der Waals surface area contributed by atoms with Crippen LogP contribution >= 0.6 is 0 Å². The van der Waals surface area contributed by atoms with E-state index in [1.165, 1.54) is 12.8 Å². The summed E-state index contributed by atoms with van der Waals surface area (Å²) in [5.74, 6) is 1.32. The van der Waals surface area contributed by atoms with Gasteiger partial charge in [0.05, 0.1) is 0 Å². The molecule has 0 aromatic heterocycles. The van der Waals surface area contributed by atoms with E-state index in [0.717, 1.165) is 18.8 Å². The largest absolute Gasteiger partial charge is 0.354 e. The molecule has 1 saturated carbocycles. The topological polar surface area (TPSA) is 29.1 Å². The summed E-state index contributed by atoms with van der Waals surface area (Å²) in [5.41, 5.74) is 0.402. The second-order valence-corrected chi connectivity index (χ2v) is 6.58. The molecule has 1 aliphatic carbocycles. The predicted octanol–water partition coefficient (Wildman–Crippen LogP) is 3.36. The Labute approximate surface area is 100 Å². The summed E-state index contributed by atoms with van der Waals surface area (Å²) < 4.78 is 0. The molecule has 0 spiro atoms. The van der Waals surface area contributed by atoms with Crippen molar-refractivity contribution in [2.24, 2.45) is 17.3 Å². The highest BCUT2D eigenvalue weighted by Crippen LogP contribution is 2.39. The number of carbonyl (C=O) groups excluding carboxylic acids is 1. The van der Waals surface area contributed by atoms with Crippen LogP contribution in [-0.4, -0.2) is 11.9 Å². The van der Waals surface area contributed by atoms with E-state index >= 15 is 0 Å². The summed E-state index contributed by atoms with van der Waals surface area (Å²) >= 11 is 0. The maximum atomic E-state index is 11.9. The molecule has 0 bridgehead atoms. The van der Waals surface area contributed by atoms with Gasteiger partial charge >= 0.3 is 0 Å². The molecular formula is C14H27NO. The van der Waals surface area contributed by atoms with Crippen LogP contribution in [0.4, 0.5) is 0 Å². The fraction of sp³-hybridized carbons (Fsp3) is 0.929. The SMILES string of the molecule is CC(C)NC(=O)C1CCC(C(C)(C)C)CC1. The van der Waals surface area contributed by atoms with Gasteiger partial charge in [-0.05, 0) is 50.9 Å². The molecule has 1 fully saturated rings. The van der Waals surface area contributed by atoms with Gasteiger partial charge in [0, 0.05) is 12.0 Å². The van der Waals surface area contributed by atoms with Crippen molar-refractivity contribution in [3.8, 4) is 0 Å². The van der Waals surface area contributed by atoms with E-state index in [2.05, 4.69) is 26.1 Å². The summed E-state index contributed by atoms with van der Waals surface area (Å²) in [5, 5.41) is 3.03. The van der Waals surface area contributed by atoms with Gasteiger partial charge in [0.25, 0.3) is 0 Å². The molecule has 16 heavy (non-hydrogen) atoms. The normalized spacial score (nSPS) is 26.9. The number of hydrogen-bond acceptors (Lipinski definition) is 1. The summed E-state index contributed by atoms with van der Waals surface area (Å²) in [7, 11) is 0. The van der Waals surface area contributed by atoms with Crippen molar-refractivity contribution in [2.75, 3.05) is 0 Å². The molecule has 0 heterocycles. The Kier molecular flexibility index (Phi) is 4.40. The molecule has 0 aliphatic heterocycles. The van der Waals surface area contributed by atoms with E-state index in [-0.39, 0.29) is 17.9 Å². The first-order valence-electron chi connectivity index (χ1n) is 6.61. The highest BCUT2D eigenvalue weighted by Gasteiger charge is 2.32. The van der Waals surface area contributed by atoms with E-state index in [1.807, 2.05) is 13.8 Å². The minimum Gasteiger partial charge on any atom is -0.354 e. The number of nitrogens with one attached hydrogen (secondary N) is 1. The summed E-state index contributed by atoms with van der Waals surface area (Å²) in [6, 6.07) is 0.271. The first-order chi connectivity index (χ1) is 7.30. The lowest BCUT2D eigenvalue weighted by molar-refractivity contribution is -0.127. The lowest BCUT2D eigenvalue weighted by atomic mass is 9.69.